The number of carboxylic acids is 1. The summed E-state index contributed by atoms with van der Waals surface area (Å²) in [6.07, 6.45) is 2.61. The standard InChI is InChI=1S/C14H17NO3/c16-14(17)10-2-1-3-11(6-10)15-13-8-18-7-12(13)9-4-5-9/h1-3,6,9,12-13,15H,4-5,7-8H2,(H,16,17). The molecule has 3 rings (SSSR count). The van der Waals surface area contributed by atoms with Crippen molar-refractivity contribution in [2.75, 3.05) is 18.5 Å². The van der Waals surface area contributed by atoms with E-state index in [9.17, 15) is 4.79 Å². The third-order valence-corrected chi connectivity index (χ3v) is 3.81. The van der Waals surface area contributed by atoms with Gasteiger partial charge in [0.25, 0.3) is 0 Å². The van der Waals surface area contributed by atoms with Crippen LogP contribution in [0.5, 0.6) is 0 Å². The van der Waals surface area contributed by atoms with Gasteiger partial charge in [-0.25, -0.2) is 4.79 Å². The van der Waals surface area contributed by atoms with Crippen LogP contribution in [0.4, 0.5) is 5.69 Å². The van der Waals surface area contributed by atoms with Gasteiger partial charge in [-0.15, -0.1) is 0 Å². The highest BCUT2D eigenvalue weighted by molar-refractivity contribution is 5.88. The van der Waals surface area contributed by atoms with Crippen LogP contribution in [0.1, 0.15) is 23.2 Å². The van der Waals surface area contributed by atoms with Crippen molar-refractivity contribution in [3.63, 3.8) is 0 Å². The number of carboxylic acid groups (broad SMARTS) is 1. The first-order valence-corrected chi connectivity index (χ1v) is 6.41. The molecule has 18 heavy (non-hydrogen) atoms. The summed E-state index contributed by atoms with van der Waals surface area (Å²) >= 11 is 0. The van der Waals surface area contributed by atoms with Crippen LogP contribution in [0.15, 0.2) is 24.3 Å². The lowest BCUT2D eigenvalue weighted by Gasteiger charge is -2.20. The maximum atomic E-state index is 10.9. The molecule has 0 spiro atoms. The minimum Gasteiger partial charge on any atom is -0.478 e. The molecule has 2 atom stereocenters. The monoisotopic (exact) mass is 247 g/mol. The van der Waals surface area contributed by atoms with Crippen LogP contribution in [0, 0.1) is 11.8 Å². The molecule has 1 aliphatic heterocycles. The van der Waals surface area contributed by atoms with Crippen molar-refractivity contribution in [2.24, 2.45) is 11.8 Å². The van der Waals surface area contributed by atoms with E-state index in [4.69, 9.17) is 9.84 Å². The van der Waals surface area contributed by atoms with Crippen LogP contribution in [0.25, 0.3) is 0 Å². The highest BCUT2D eigenvalue weighted by Gasteiger charge is 2.40. The molecule has 0 radical (unpaired) electrons. The highest BCUT2D eigenvalue weighted by atomic mass is 16.5. The molecular formula is C14H17NO3. The molecule has 1 saturated carbocycles. The zero-order valence-corrected chi connectivity index (χ0v) is 10.1. The van der Waals surface area contributed by atoms with Gasteiger partial charge in [-0.2, -0.15) is 0 Å². The minimum atomic E-state index is -0.889. The zero-order chi connectivity index (χ0) is 12.5. The second kappa shape index (κ2) is 4.61. The van der Waals surface area contributed by atoms with Gasteiger partial charge in [0.15, 0.2) is 0 Å². The Labute approximate surface area is 106 Å². The first-order valence-electron chi connectivity index (χ1n) is 6.41. The maximum Gasteiger partial charge on any atom is 0.335 e. The Balaban J connectivity index is 1.71. The van der Waals surface area contributed by atoms with Crippen LogP contribution < -0.4 is 5.32 Å². The fourth-order valence-electron chi connectivity index (χ4n) is 2.66. The SMILES string of the molecule is O=C(O)c1cccc(NC2COCC2C2CC2)c1. The van der Waals surface area contributed by atoms with E-state index in [-0.39, 0.29) is 0 Å². The van der Waals surface area contributed by atoms with Gasteiger partial charge in [-0.05, 0) is 37.0 Å². The molecule has 0 aromatic heterocycles. The third-order valence-electron chi connectivity index (χ3n) is 3.81. The van der Waals surface area contributed by atoms with Gasteiger partial charge in [0.05, 0.1) is 24.8 Å². The summed E-state index contributed by atoms with van der Waals surface area (Å²) in [6.45, 7) is 1.55. The molecule has 96 valence electrons. The molecule has 0 amide bonds. The average molecular weight is 247 g/mol. The minimum absolute atomic E-state index is 0.321. The van der Waals surface area contributed by atoms with Crippen molar-refractivity contribution >= 4 is 11.7 Å². The van der Waals surface area contributed by atoms with E-state index in [0.29, 0.717) is 17.5 Å². The number of rotatable bonds is 4. The smallest absolute Gasteiger partial charge is 0.335 e. The Morgan fingerprint density at radius 3 is 2.89 bits per heavy atom. The summed E-state index contributed by atoms with van der Waals surface area (Å²) in [5.41, 5.74) is 1.19. The molecule has 1 aromatic rings. The topological polar surface area (TPSA) is 58.6 Å². The van der Waals surface area contributed by atoms with Crippen LogP contribution in [-0.4, -0.2) is 30.3 Å². The quantitative estimate of drug-likeness (QED) is 0.856. The van der Waals surface area contributed by atoms with Crippen molar-refractivity contribution in [2.45, 2.75) is 18.9 Å². The molecule has 4 nitrogen and oxygen atoms in total. The predicted molar refractivity (Wildman–Crippen MR) is 67.8 cm³/mol. The van der Waals surface area contributed by atoms with Crippen molar-refractivity contribution in [1.82, 2.24) is 0 Å². The van der Waals surface area contributed by atoms with Crippen molar-refractivity contribution in [1.29, 1.82) is 0 Å². The largest absolute Gasteiger partial charge is 0.478 e. The van der Waals surface area contributed by atoms with E-state index in [2.05, 4.69) is 5.32 Å². The fourth-order valence-corrected chi connectivity index (χ4v) is 2.66. The Bertz CT molecular complexity index is 456. The molecular weight excluding hydrogens is 230 g/mol. The lowest BCUT2D eigenvalue weighted by Crippen LogP contribution is -2.29. The van der Waals surface area contributed by atoms with Crippen molar-refractivity contribution in [3.05, 3.63) is 29.8 Å². The number of aromatic carboxylic acids is 1. The number of benzene rings is 1. The first-order chi connectivity index (χ1) is 8.74. The Morgan fingerprint density at radius 2 is 2.17 bits per heavy atom. The van der Waals surface area contributed by atoms with Crippen LogP contribution in [-0.2, 0) is 4.74 Å². The number of hydrogen-bond donors (Lipinski definition) is 2. The van der Waals surface area contributed by atoms with Crippen molar-refractivity contribution in [3.8, 4) is 0 Å². The van der Waals surface area contributed by atoms with E-state index in [1.54, 1.807) is 18.2 Å². The molecule has 2 fully saturated rings. The van der Waals surface area contributed by atoms with Gasteiger partial charge in [-0.1, -0.05) is 6.07 Å². The lowest BCUT2D eigenvalue weighted by atomic mass is 9.98. The fraction of sp³-hybridized carbons (Fsp3) is 0.500. The molecule has 1 saturated heterocycles. The molecule has 2 N–H and O–H groups in total. The number of nitrogens with one attached hydrogen (secondary N) is 1. The normalized spacial score (nSPS) is 27.1. The number of carbonyl (C=O) groups is 1. The Kier molecular flexibility index (Phi) is 2.96. The summed E-state index contributed by atoms with van der Waals surface area (Å²) in [4.78, 5) is 10.9. The maximum absolute atomic E-state index is 10.9. The lowest BCUT2D eigenvalue weighted by molar-refractivity contribution is 0.0697. The summed E-state index contributed by atoms with van der Waals surface area (Å²) in [5, 5.41) is 12.4. The van der Waals surface area contributed by atoms with E-state index in [1.165, 1.54) is 12.8 Å². The van der Waals surface area contributed by atoms with E-state index in [1.807, 2.05) is 6.07 Å². The predicted octanol–water partition coefficient (Wildman–Crippen LogP) is 2.22. The van der Waals surface area contributed by atoms with Gasteiger partial charge < -0.3 is 15.2 Å². The zero-order valence-electron chi connectivity index (χ0n) is 10.1. The number of ether oxygens (including phenoxy) is 1. The summed E-state index contributed by atoms with van der Waals surface area (Å²) in [5.74, 6) is 0.492. The van der Waals surface area contributed by atoms with Crippen LogP contribution in [0.2, 0.25) is 0 Å². The van der Waals surface area contributed by atoms with Gasteiger partial charge in [-0.3, -0.25) is 0 Å². The van der Waals surface area contributed by atoms with Gasteiger partial charge in [0, 0.05) is 11.6 Å². The summed E-state index contributed by atoms with van der Waals surface area (Å²) < 4.78 is 5.54. The number of anilines is 1. The molecule has 2 unspecified atom stereocenters. The second-order valence-corrected chi connectivity index (χ2v) is 5.18. The molecule has 2 aliphatic rings. The van der Waals surface area contributed by atoms with Gasteiger partial charge in [0.1, 0.15) is 0 Å². The first kappa shape index (κ1) is 11.5. The van der Waals surface area contributed by atoms with Crippen molar-refractivity contribution < 1.29 is 14.6 Å². The van der Waals surface area contributed by atoms with Crippen LogP contribution >= 0.6 is 0 Å². The van der Waals surface area contributed by atoms with E-state index < -0.39 is 5.97 Å². The molecule has 4 heteroatoms. The Hall–Kier alpha value is -1.55. The molecule has 1 heterocycles. The van der Waals surface area contributed by atoms with Crippen LogP contribution in [0.3, 0.4) is 0 Å². The van der Waals surface area contributed by atoms with Gasteiger partial charge >= 0.3 is 5.97 Å². The molecule has 1 aliphatic carbocycles. The third kappa shape index (κ3) is 2.34. The summed E-state index contributed by atoms with van der Waals surface area (Å²) in [7, 11) is 0. The second-order valence-electron chi connectivity index (χ2n) is 5.18. The highest BCUT2D eigenvalue weighted by Crippen LogP contribution is 2.41. The molecule has 0 bridgehead atoms. The molecule has 1 aromatic carbocycles. The summed E-state index contributed by atoms with van der Waals surface area (Å²) in [6, 6.07) is 7.30. The van der Waals surface area contributed by atoms with E-state index >= 15 is 0 Å². The Morgan fingerprint density at radius 1 is 1.33 bits per heavy atom. The van der Waals surface area contributed by atoms with Gasteiger partial charge in [0.2, 0.25) is 0 Å². The van der Waals surface area contributed by atoms with E-state index in [0.717, 1.165) is 24.8 Å². The average Bonchev–Trinajstić information content (AvgIpc) is 3.11. The number of hydrogen-bond acceptors (Lipinski definition) is 3.